The van der Waals surface area contributed by atoms with E-state index in [1.165, 1.54) is 36.6 Å². The van der Waals surface area contributed by atoms with Crippen LogP contribution >= 0.6 is 11.3 Å². The van der Waals surface area contributed by atoms with Crippen LogP contribution in [0.5, 0.6) is 0 Å². The maximum atomic E-state index is 12.1. The number of thiophene rings is 1. The molecule has 0 fully saturated rings. The Bertz CT molecular complexity index is 1440. The second kappa shape index (κ2) is 10.1. The summed E-state index contributed by atoms with van der Waals surface area (Å²) in [6.07, 6.45) is 0. The number of hydrogen-bond acceptors (Lipinski definition) is 8. The van der Waals surface area contributed by atoms with Crippen LogP contribution in [0.4, 0.5) is 5.69 Å². The summed E-state index contributed by atoms with van der Waals surface area (Å²) in [5, 5.41) is 5.02. The number of benzene rings is 2. The quantitative estimate of drug-likeness (QED) is 0.246. The summed E-state index contributed by atoms with van der Waals surface area (Å²) in [6, 6.07) is 14.3. The Morgan fingerprint density at radius 3 is 2.45 bits per heavy atom. The van der Waals surface area contributed by atoms with Crippen molar-refractivity contribution in [2.75, 3.05) is 19.0 Å². The first-order chi connectivity index (χ1) is 15.6. The molecule has 0 spiro atoms. The van der Waals surface area contributed by atoms with Gasteiger partial charge in [0.1, 0.15) is 4.88 Å². The Morgan fingerprint density at radius 2 is 1.88 bits per heavy atom. The monoisotopic (exact) mass is 489 g/mol. The molecule has 0 aliphatic heterocycles. The van der Waals surface area contributed by atoms with Crippen molar-refractivity contribution in [1.29, 1.82) is 0 Å². The molecule has 2 aromatic carbocycles. The Labute approximate surface area is 193 Å². The molecule has 0 radical (unpaired) electrons. The molecule has 174 valence electrons. The van der Waals surface area contributed by atoms with E-state index in [1.54, 1.807) is 24.3 Å². The minimum Gasteiger partial charge on any atom is -0.465 e. The maximum absolute atomic E-state index is 12.1. The predicted octanol–water partition coefficient (Wildman–Crippen LogP) is 3.22. The van der Waals surface area contributed by atoms with Crippen molar-refractivity contribution in [3.63, 3.8) is 0 Å². The SMILES string of the molecule is COC(=O)c1sc2ccc3[nH]c(=O)ccc3c2c1NC[C@H](C)N.O=S(=O)(O)c1ccccc1. The van der Waals surface area contributed by atoms with E-state index >= 15 is 0 Å². The highest BCUT2D eigenvalue weighted by Crippen LogP contribution is 2.40. The zero-order valence-electron chi connectivity index (χ0n) is 17.9. The van der Waals surface area contributed by atoms with Gasteiger partial charge >= 0.3 is 5.97 Å². The predicted molar refractivity (Wildman–Crippen MR) is 130 cm³/mol. The number of carbonyl (C=O) groups excluding carboxylic acids is 1. The number of anilines is 1. The van der Waals surface area contributed by atoms with Gasteiger partial charge in [-0.25, -0.2) is 4.79 Å². The molecule has 0 unspecified atom stereocenters. The summed E-state index contributed by atoms with van der Waals surface area (Å²) in [6.45, 7) is 2.41. The summed E-state index contributed by atoms with van der Waals surface area (Å²) in [5.74, 6) is -0.393. The highest BCUT2D eigenvalue weighted by atomic mass is 32.2. The summed E-state index contributed by atoms with van der Waals surface area (Å²) in [7, 11) is -2.64. The van der Waals surface area contributed by atoms with E-state index in [-0.39, 0.29) is 16.5 Å². The third kappa shape index (κ3) is 5.76. The summed E-state index contributed by atoms with van der Waals surface area (Å²) in [5.41, 5.74) is 7.09. The van der Waals surface area contributed by atoms with Crippen LogP contribution in [-0.4, -0.2) is 43.6 Å². The lowest BCUT2D eigenvalue weighted by atomic mass is 10.1. The summed E-state index contributed by atoms with van der Waals surface area (Å²) in [4.78, 5) is 26.9. The molecule has 1 atom stereocenters. The first kappa shape index (κ1) is 24.4. The molecule has 0 aliphatic rings. The van der Waals surface area contributed by atoms with Crippen LogP contribution in [0.1, 0.15) is 16.6 Å². The molecule has 33 heavy (non-hydrogen) atoms. The Morgan fingerprint density at radius 1 is 1.18 bits per heavy atom. The number of methoxy groups -OCH3 is 1. The van der Waals surface area contributed by atoms with Crippen molar-refractivity contribution in [1.82, 2.24) is 4.98 Å². The van der Waals surface area contributed by atoms with E-state index in [1.807, 2.05) is 19.1 Å². The van der Waals surface area contributed by atoms with E-state index in [4.69, 9.17) is 15.0 Å². The van der Waals surface area contributed by atoms with Gasteiger partial charge in [-0.3, -0.25) is 9.35 Å². The number of hydrogen-bond donors (Lipinski definition) is 4. The molecule has 5 N–H and O–H groups in total. The smallest absolute Gasteiger partial charge is 0.350 e. The molecule has 0 amide bonds. The van der Waals surface area contributed by atoms with Crippen LogP contribution in [-0.2, 0) is 14.9 Å². The van der Waals surface area contributed by atoms with Gasteiger partial charge in [-0.1, -0.05) is 18.2 Å². The van der Waals surface area contributed by atoms with Crippen molar-refractivity contribution in [2.45, 2.75) is 17.9 Å². The molecular formula is C22H23N3O6S2. The minimum absolute atomic E-state index is 0.0646. The lowest BCUT2D eigenvalue weighted by Crippen LogP contribution is -2.25. The Hall–Kier alpha value is -3.25. The number of aromatic amines is 1. The van der Waals surface area contributed by atoms with Gasteiger partial charge < -0.3 is 20.8 Å². The molecule has 0 saturated carbocycles. The number of rotatable bonds is 5. The van der Waals surface area contributed by atoms with Gasteiger partial charge in [0.2, 0.25) is 5.56 Å². The van der Waals surface area contributed by atoms with Crippen LogP contribution in [0, 0.1) is 0 Å². The molecule has 9 nitrogen and oxygen atoms in total. The van der Waals surface area contributed by atoms with Crippen LogP contribution in [0.2, 0.25) is 0 Å². The fraction of sp³-hybridized carbons (Fsp3) is 0.182. The normalized spacial score (nSPS) is 12.1. The van der Waals surface area contributed by atoms with E-state index in [9.17, 15) is 18.0 Å². The van der Waals surface area contributed by atoms with Crippen molar-refractivity contribution in [3.8, 4) is 0 Å². The van der Waals surface area contributed by atoms with Crippen molar-refractivity contribution >= 4 is 54.1 Å². The molecular weight excluding hydrogens is 466 g/mol. The average Bonchev–Trinajstić information content (AvgIpc) is 3.16. The molecule has 0 aliphatic carbocycles. The number of aromatic nitrogens is 1. The third-order valence-electron chi connectivity index (χ3n) is 4.57. The van der Waals surface area contributed by atoms with Gasteiger partial charge in [-0.2, -0.15) is 8.42 Å². The maximum Gasteiger partial charge on any atom is 0.350 e. The minimum atomic E-state index is -4.00. The standard InChI is InChI=1S/C16H17N3O3S.C6H6O3S/c1-8(17)7-18-14-13-9-3-6-12(20)19-10(9)4-5-11(13)23-15(14)16(21)22-2;7-10(8,9)6-4-2-1-3-5-6/h3-6,8,18H,7,17H2,1-2H3,(H,19,20);1-5H,(H,7,8,9)/t8-;/m0./s1. The number of carbonyl (C=O) groups is 1. The molecule has 4 aromatic rings. The van der Waals surface area contributed by atoms with Gasteiger partial charge in [0.05, 0.1) is 17.7 Å². The zero-order chi connectivity index (χ0) is 24.2. The highest BCUT2D eigenvalue weighted by Gasteiger charge is 2.21. The van der Waals surface area contributed by atoms with Gasteiger partial charge in [0.15, 0.2) is 0 Å². The highest BCUT2D eigenvalue weighted by molar-refractivity contribution is 7.85. The zero-order valence-corrected chi connectivity index (χ0v) is 19.5. The Balaban J connectivity index is 0.000000257. The van der Waals surface area contributed by atoms with Gasteiger partial charge in [-0.15, -0.1) is 11.3 Å². The topological polar surface area (TPSA) is 152 Å². The summed E-state index contributed by atoms with van der Waals surface area (Å²) < 4.78 is 35.1. The van der Waals surface area contributed by atoms with E-state index in [0.29, 0.717) is 17.1 Å². The van der Waals surface area contributed by atoms with Crippen molar-refractivity contribution in [3.05, 3.63) is 69.8 Å². The number of esters is 1. The van der Waals surface area contributed by atoms with E-state index in [2.05, 4.69) is 10.3 Å². The lowest BCUT2D eigenvalue weighted by molar-refractivity contribution is 0.0607. The lowest BCUT2D eigenvalue weighted by Gasteiger charge is -2.11. The molecule has 11 heteroatoms. The number of ether oxygens (including phenoxy) is 1. The number of fused-ring (bicyclic) bond motifs is 3. The fourth-order valence-corrected chi connectivity index (χ4v) is 4.71. The average molecular weight is 490 g/mol. The molecule has 0 bridgehead atoms. The van der Waals surface area contributed by atoms with E-state index in [0.717, 1.165) is 21.0 Å². The second-order valence-electron chi connectivity index (χ2n) is 7.17. The largest absolute Gasteiger partial charge is 0.465 e. The number of nitrogens with one attached hydrogen (secondary N) is 2. The molecule has 2 heterocycles. The molecule has 0 saturated heterocycles. The number of nitrogens with two attached hydrogens (primary N) is 1. The molecule has 2 aromatic heterocycles. The van der Waals surface area contributed by atoms with Crippen LogP contribution in [0.15, 0.2) is 64.3 Å². The van der Waals surface area contributed by atoms with Crippen LogP contribution in [0.3, 0.4) is 0 Å². The van der Waals surface area contributed by atoms with Crippen LogP contribution < -0.4 is 16.6 Å². The summed E-state index contributed by atoms with van der Waals surface area (Å²) >= 11 is 1.36. The van der Waals surface area contributed by atoms with Gasteiger partial charge in [-0.05, 0) is 37.3 Å². The van der Waals surface area contributed by atoms with Crippen molar-refractivity contribution in [2.24, 2.45) is 5.73 Å². The van der Waals surface area contributed by atoms with Gasteiger partial charge in [0, 0.05) is 39.6 Å². The van der Waals surface area contributed by atoms with E-state index < -0.39 is 16.1 Å². The van der Waals surface area contributed by atoms with Crippen molar-refractivity contribution < 1.29 is 22.5 Å². The number of pyridine rings is 1. The first-order valence-corrected chi connectivity index (χ1v) is 12.1. The molecule has 4 rings (SSSR count). The fourth-order valence-electron chi connectivity index (χ4n) is 3.09. The van der Waals surface area contributed by atoms with Gasteiger partial charge in [0.25, 0.3) is 10.1 Å². The first-order valence-electron chi connectivity index (χ1n) is 9.80. The third-order valence-corrected chi connectivity index (χ3v) is 6.57. The van der Waals surface area contributed by atoms with Crippen LogP contribution in [0.25, 0.3) is 21.0 Å². The Kier molecular flexibility index (Phi) is 7.49. The second-order valence-corrected chi connectivity index (χ2v) is 9.64. The number of H-pyrrole nitrogens is 1.